The van der Waals surface area contributed by atoms with Crippen molar-refractivity contribution in [3.8, 4) is 0 Å². The molecule has 2 atom stereocenters. The quantitative estimate of drug-likeness (QED) is 0.778. The number of sulfonamides is 1. The first-order valence-corrected chi connectivity index (χ1v) is 11.1. The fraction of sp³-hybridized carbons (Fsp3) is 0.611. The summed E-state index contributed by atoms with van der Waals surface area (Å²) in [6.45, 7) is 5.71. The molecule has 7 nitrogen and oxygen atoms in total. The first-order valence-electron chi connectivity index (χ1n) is 9.21. The van der Waals surface area contributed by atoms with Crippen LogP contribution in [0, 0.1) is 5.92 Å². The van der Waals surface area contributed by atoms with Gasteiger partial charge in [0, 0.05) is 52.2 Å². The van der Waals surface area contributed by atoms with Crippen LogP contribution in [0.4, 0.5) is 0 Å². The van der Waals surface area contributed by atoms with Crippen LogP contribution >= 0.6 is 0 Å². The van der Waals surface area contributed by atoms with Crippen LogP contribution in [0.5, 0.6) is 0 Å². The van der Waals surface area contributed by atoms with Gasteiger partial charge >= 0.3 is 0 Å². The molecule has 2 saturated heterocycles. The number of benzene rings is 1. The molecule has 2 fully saturated rings. The van der Waals surface area contributed by atoms with E-state index in [2.05, 4.69) is 39.2 Å². The smallest absolute Gasteiger partial charge is 0.211 e. The maximum atomic E-state index is 11.9. The molecule has 0 radical (unpaired) electrons. The number of piperazine rings is 1. The van der Waals surface area contributed by atoms with Gasteiger partial charge in [0.15, 0.2) is 5.84 Å². The minimum Gasteiger partial charge on any atom is -0.390 e. The van der Waals surface area contributed by atoms with Gasteiger partial charge in [0.1, 0.15) is 6.10 Å². The zero-order valence-electron chi connectivity index (χ0n) is 15.1. The van der Waals surface area contributed by atoms with E-state index < -0.39 is 10.0 Å². The van der Waals surface area contributed by atoms with Gasteiger partial charge in [0.25, 0.3) is 0 Å². The van der Waals surface area contributed by atoms with Crippen LogP contribution in [0.15, 0.2) is 35.5 Å². The number of rotatable bonds is 3. The summed E-state index contributed by atoms with van der Waals surface area (Å²) in [5.74, 6) is 0.988. The highest BCUT2D eigenvalue weighted by Crippen LogP contribution is 2.30. The molecule has 0 N–H and O–H groups in total. The van der Waals surface area contributed by atoms with E-state index in [-0.39, 0.29) is 12.0 Å². The Hall–Kier alpha value is -1.64. The summed E-state index contributed by atoms with van der Waals surface area (Å²) in [5.41, 5.74) is 1.33. The van der Waals surface area contributed by atoms with Crippen LogP contribution < -0.4 is 0 Å². The van der Waals surface area contributed by atoms with Crippen LogP contribution in [-0.2, 0) is 21.4 Å². The maximum absolute atomic E-state index is 11.9. The van der Waals surface area contributed by atoms with E-state index in [4.69, 9.17) is 4.84 Å². The fourth-order valence-electron chi connectivity index (χ4n) is 4.03. The largest absolute Gasteiger partial charge is 0.390 e. The Kier molecular flexibility index (Phi) is 4.90. The zero-order chi connectivity index (χ0) is 18.1. The van der Waals surface area contributed by atoms with Gasteiger partial charge in [-0.15, -0.1) is 0 Å². The van der Waals surface area contributed by atoms with E-state index in [1.165, 1.54) is 11.8 Å². The minimum absolute atomic E-state index is 0.0188. The van der Waals surface area contributed by atoms with Crippen LogP contribution in [0.2, 0.25) is 0 Å². The first kappa shape index (κ1) is 17.8. The number of fused-ring (bicyclic) bond motifs is 1. The first-order chi connectivity index (χ1) is 12.5. The van der Waals surface area contributed by atoms with Crippen molar-refractivity contribution in [1.82, 2.24) is 14.1 Å². The molecule has 8 heteroatoms. The highest BCUT2D eigenvalue weighted by molar-refractivity contribution is 7.88. The number of hydrogen-bond donors (Lipinski definition) is 0. The Morgan fingerprint density at radius 3 is 2.54 bits per heavy atom. The second-order valence-corrected chi connectivity index (χ2v) is 9.34. The summed E-state index contributed by atoms with van der Waals surface area (Å²) < 4.78 is 25.4. The number of piperidine rings is 1. The molecular formula is C18H26N4O3S. The molecular weight excluding hydrogens is 352 g/mol. The van der Waals surface area contributed by atoms with Crippen molar-refractivity contribution in [3.63, 3.8) is 0 Å². The van der Waals surface area contributed by atoms with E-state index in [0.29, 0.717) is 19.5 Å². The fourth-order valence-corrected chi connectivity index (χ4v) is 4.90. The summed E-state index contributed by atoms with van der Waals surface area (Å²) in [7, 11) is -3.17. The summed E-state index contributed by atoms with van der Waals surface area (Å²) >= 11 is 0. The molecule has 3 heterocycles. The topological polar surface area (TPSA) is 65.5 Å². The van der Waals surface area contributed by atoms with Crippen molar-refractivity contribution in [2.24, 2.45) is 11.1 Å². The van der Waals surface area contributed by atoms with Crippen molar-refractivity contribution in [1.29, 1.82) is 0 Å². The van der Waals surface area contributed by atoms with Gasteiger partial charge in [-0.2, -0.15) is 0 Å². The van der Waals surface area contributed by atoms with Gasteiger partial charge in [-0.25, -0.2) is 12.7 Å². The third-order valence-corrected chi connectivity index (χ3v) is 6.81. The van der Waals surface area contributed by atoms with E-state index in [9.17, 15) is 8.42 Å². The predicted octanol–water partition coefficient (Wildman–Crippen LogP) is 0.798. The molecule has 1 aromatic rings. The molecule has 0 amide bonds. The van der Waals surface area contributed by atoms with E-state index in [0.717, 1.165) is 38.6 Å². The molecule has 0 unspecified atom stereocenters. The molecule has 0 spiro atoms. The molecule has 0 bridgehead atoms. The maximum Gasteiger partial charge on any atom is 0.211 e. The number of amidine groups is 1. The van der Waals surface area contributed by atoms with Gasteiger partial charge in [0.2, 0.25) is 10.0 Å². The summed E-state index contributed by atoms with van der Waals surface area (Å²) in [6.07, 6.45) is 2.01. The highest BCUT2D eigenvalue weighted by atomic mass is 32.2. The Morgan fingerprint density at radius 2 is 1.85 bits per heavy atom. The third-order valence-electron chi connectivity index (χ3n) is 5.54. The highest BCUT2D eigenvalue weighted by Gasteiger charge is 2.43. The lowest BCUT2D eigenvalue weighted by Crippen LogP contribution is -2.54. The zero-order valence-corrected chi connectivity index (χ0v) is 15.9. The van der Waals surface area contributed by atoms with Crippen molar-refractivity contribution in [2.75, 3.05) is 45.5 Å². The summed E-state index contributed by atoms with van der Waals surface area (Å²) in [5, 5.41) is 4.33. The lowest BCUT2D eigenvalue weighted by Gasteiger charge is -2.39. The van der Waals surface area contributed by atoms with Crippen molar-refractivity contribution < 1.29 is 13.3 Å². The molecule has 3 aliphatic rings. The summed E-state index contributed by atoms with van der Waals surface area (Å²) in [6, 6.07) is 10.5. The molecule has 142 valence electrons. The van der Waals surface area contributed by atoms with E-state index in [1.807, 2.05) is 6.07 Å². The van der Waals surface area contributed by atoms with Crippen molar-refractivity contribution >= 4 is 15.9 Å². The van der Waals surface area contributed by atoms with Gasteiger partial charge < -0.3 is 9.74 Å². The molecule has 0 aromatic heterocycles. The number of oxime groups is 1. The Labute approximate surface area is 155 Å². The average molecular weight is 378 g/mol. The van der Waals surface area contributed by atoms with Crippen LogP contribution in [-0.4, -0.2) is 80.0 Å². The monoisotopic (exact) mass is 378 g/mol. The Morgan fingerprint density at radius 1 is 1.12 bits per heavy atom. The average Bonchev–Trinajstić information content (AvgIpc) is 3.06. The Balaban J connectivity index is 1.35. The molecule has 0 aliphatic carbocycles. The minimum atomic E-state index is -3.17. The third kappa shape index (κ3) is 3.72. The summed E-state index contributed by atoms with van der Waals surface area (Å²) in [4.78, 5) is 10.3. The standard InChI is InChI=1S/C18H26N4O3S/c1-26(23,24)22-8-7-17-16(14-22)18(19-25-17)21-11-9-20(10-12-21)13-15-5-3-2-4-6-15/h2-6,16-17H,7-14H2,1H3/t16-,17+/m0/s1. The van der Waals surface area contributed by atoms with E-state index >= 15 is 0 Å². The van der Waals surface area contributed by atoms with Crippen molar-refractivity contribution in [3.05, 3.63) is 35.9 Å². The molecule has 3 aliphatic heterocycles. The second-order valence-electron chi connectivity index (χ2n) is 7.36. The molecule has 0 saturated carbocycles. The van der Waals surface area contributed by atoms with Crippen LogP contribution in [0.3, 0.4) is 0 Å². The molecule has 4 rings (SSSR count). The van der Waals surface area contributed by atoms with E-state index in [1.54, 1.807) is 4.31 Å². The lowest BCUT2D eigenvalue weighted by atomic mass is 9.94. The van der Waals surface area contributed by atoms with Gasteiger partial charge in [-0.05, 0) is 5.56 Å². The normalized spacial score (nSPS) is 27.7. The molecule has 26 heavy (non-hydrogen) atoms. The number of hydrogen-bond acceptors (Lipinski definition) is 6. The van der Waals surface area contributed by atoms with Gasteiger partial charge in [-0.1, -0.05) is 35.5 Å². The Bertz CT molecular complexity index is 760. The number of nitrogens with zero attached hydrogens (tertiary/aromatic N) is 4. The van der Waals surface area contributed by atoms with Gasteiger partial charge in [-0.3, -0.25) is 4.90 Å². The van der Waals surface area contributed by atoms with Gasteiger partial charge in [0.05, 0.1) is 12.2 Å². The van der Waals surface area contributed by atoms with Crippen molar-refractivity contribution in [2.45, 2.75) is 19.1 Å². The second kappa shape index (κ2) is 7.17. The van der Waals surface area contributed by atoms with Crippen LogP contribution in [0.25, 0.3) is 0 Å². The van der Waals surface area contributed by atoms with Crippen LogP contribution in [0.1, 0.15) is 12.0 Å². The predicted molar refractivity (Wildman–Crippen MR) is 100 cm³/mol. The molecule has 1 aromatic carbocycles. The SMILES string of the molecule is CS(=O)(=O)N1CC[C@H]2ON=C(N3CCN(Cc4ccccc4)CC3)[C@H]2C1. The lowest BCUT2D eigenvalue weighted by molar-refractivity contribution is 0.0307.